The molecule has 0 atom stereocenters. The number of rotatable bonds is 4. The molecule has 4 nitrogen and oxygen atoms in total. The smallest absolute Gasteiger partial charge is 0.321 e. The van der Waals surface area contributed by atoms with Gasteiger partial charge in [0.25, 0.3) is 0 Å². The van der Waals surface area contributed by atoms with Gasteiger partial charge in [0, 0.05) is 36.9 Å². The zero-order valence-electron chi connectivity index (χ0n) is 13.7. The van der Waals surface area contributed by atoms with Gasteiger partial charge in [-0.15, -0.1) is 0 Å². The number of anilines is 1. The van der Waals surface area contributed by atoms with Crippen LogP contribution in [0, 0.1) is 12.8 Å². The minimum absolute atomic E-state index is 0.0385. The van der Waals surface area contributed by atoms with E-state index in [1.165, 1.54) is 6.42 Å². The summed E-state index contributed by atoms with van der Waals surface area (Å²) in [5.41, 5.74) is 1.77. The van der Waals surface area contributed by atoms with E-state index in [9.17, 15) is 4.79 Å². The second-order valence-corrected chi connectivity index (χ2v) is 6.81. The molecule has 0 aliphatic carbocycles. The number of carbonyl (C=O) groups excluding carboxylic acids is 1. The van der Waals surface area contributed by atoms with Crippen LogP contribution in [0.5, 0.6) is 0 Å². The van der Waals surface area contributed by atoms with Crippen molar-refractivity contribution in [3.63, 3.8) is 0 Å². The number of amides is 2. The normalized spacial score (nSPS) is 16.1. The Balaban J connectivity index is 1.81. The molecule has 22 heavy (non-hydrogen) atoms. The number of carbonyl (C=O) groups is 1. The number of nitrogens with one attached hydrogen (secondary N) is 1. The predicted octanol–water partition coefficient (Wildman–Crippen LogP) is 3.84. The Morgan fingerprint density at radius 3 is 2.55 bits per heavy atom. The Kier molecular flexibility index (Phi) is 6.09. The summed E-state index contributed by atoms with van der Waals surface area (Å²) >= 11 is 6.09. The van der Waals surface area contributed by atoms with Crippen LogP contribution in [0.15, 0.2) is 18.2 Å². The highest BCUT2D eigenvalue weighted by Crippen LogP contribution is 2.20. The maximum Gasteiger partial charge on any atom is 0.321 e. The lowest BCUT2D eigenvalue weighted by molar-refractivity contribution is 0.143. The summed E-state index contributed by atoms with van der Waals surface area (Å²) in [5, 5.41) is 3.61. The first-order valence-electron chi connectivity index (χ1n) is 8.00. The van der Waals surface area contributed by atoms with E-state index in [0.29, 0.717) is 5.02 Å². The van der Waals surface area contributed by atoms with Gasteiger partial charge in [0.15, 0.2) is 0 Å². The summed E-state index contributed by atoms with van der Waals surface area (Å²) in [5.74, 6) is 0.729. The van der Waals surface area contributed by atoms with E-state index in [4.69, 9.17) is 11.6 Å². The van der Waals surface area contributed by atoms with E-state index in [1.54, 1.807) is 6.07 Å². The number of benzene rings is 1. The molecule has 0 unspecified atom stereocenters. The molecule has 2 amide bonds. The second-order valence-electron chi connectivity index (χ2n) is 6.41. The van der Waals surface area contributed by atoms with Gasteiger partial charge in [0.05, 0.1) is 0 Å². The van der Waals surface area contributed by atoms with Crippen LogP contribution in [0.25, 0.3) is 0 Å². The maximum atomic E-state index is 12.3. The molecule has 0 spiro atoms. The van der Waals surface area contributed by atoms with E-state index >= 15 is 0 Å². The Labute approximate surface area is 138 Å². The first-order valence-corrected chi connectivity index (χ1v) is 8.38. The molecule has 5 heteroatoms. The zero-order valence-corrected chi connectivity index (χ0v) is 14.5. The lowest BCUT2D eigenvalue weighted by Crippen LogP contribution is -2.50. The van der Waals surface area contributed by atoms with Crippen LogP contribution >= 0.6 is 11.6 Å². The lowest BCUT2D eigenvalue weighted by Gasteiger charge is -2.35. The average molecular weight is 324 g/mol. The van der Waals surface area contributed by atoms with Gasteiger partial charge in [0.1, 0.15) is 0 Å². The van der Waals surface area contributed by atoms with Crippen LogP contribution in [-0.2, 0) is 0 Å². The third-order valence-corrected chi connectivity index (χ3v) is 4.51. The van der Waals surface area contributed by atoms with Gasteiger partial charge in [-0.2, -0.15) is 0 Å². The number of aryl methyl sites for hydroxylation is 1. The Morgan fingerprint density at radius 2 is 1.95 bits per heavy atom. The molecule has 1 aliphatic rings. The van der Waals surface area contributed by atoms with E-state index < -0.39 is 0 Å². The number of halogens is 1. The molecule has 1 N–H and O–H groups in total. The number of piperazine rings is 1. The minimum Gasteiger partial charge on any atom is -0.322 e. The molecule has 0 bridgehead atoms. The molecule has 2 rings (SSSR count). The Morgan fingerprint density at radius 1 is 1.27 bits per heavy atom. The van der Waals surface area contributed by atoms with Crippen LogP contribution in [0.3, 0.4) is 0 Å². The summed E-state index contributed by atoms with van der Waals surface area (Å²) in [6, 6.07) is 5.57. The molecule has 1 aliphatic heterocycles. The predicted molar refractivity (Wildman–Crippen MR) is 92.7 cm³/mol. The summed E-state index contributed by atoms with van der Waals surface area (Å²) < 4.78 is 0. The van der Waals surface area contributed by atoms with Crippen LogP contribution in [0.4, 0.5) is 10.5 Å². The van der Waals surface area contributed by atoms with Crippen molar-refractivity contribution in [3.05, 3.63) is 28.8 Å². The van der Waals surface area contributed by atoms with Crippen molar-refractivity contribution in [2.24, 2.45) is 5.92 Å². The fourth-order valence-electron chi connectivity index (χ4n) is 2.49. The third-order valence-electron chi connectivity index (χ3n) is 4.11. The van der Waals surface area contributed by atoms with E-state index in [-0.39, 0.29) is 6.03 Å². The number of nitrogens with zero attached hydrogens (tertiary/aromatic N) is 2. The van der Waals surface area contributed by atoms with Gasteiger partial charge in [-0.05, 0) is 43.5 Å². The van der Waals surface area contributed by atoms with Crippen molar-refractivity contribution < 1.29 is 4.79 Å². The highest BCUT2D eigenvalue weighted by Gasteiger charge is 2.21. The highest BCUT2D eigenvalue weighted by molar-refractivity contribution is 6.31. The van der Waals surface area contributed by atoms with Crippen molar-refractivity contribution in [1.82, 2.24) is 9.80 Å². The van der Waals surface area contributed by atoms with E-state index in [0.717, 1.165) is 49.9 Å². The fourth-order valence-corrected chi connectivity index (χ4v) is 2.67. The van der Waals surface area contributed by atoms with Gasteiger partial charge in [0.2, 0.25) is 0 Å². The molecule has 1 saturated heterocycles. The lowest BCUT2D eigenvalue weighted by atomic mass is 10.1. The summed E-state index contributed by atoms with van der Waals surface area (Å²) in [4.78, 5) is 16.6. The van der Waals surface area contributed by atoms with E-state index in [2.05, 4.69) is 24.1 Å². The van der Waals surface area contributed by atoms with Crippen molar-refractivity contribution in [1.29, 1.82) is 0 Å². The molecular weight excluding hydrogens is 298 g/mol. The number of hydrogen-bond donors (Lipinski definition) is 1. The van der Waals surface area contributed by atoms with Crippen LogP contribution in [-0.4, -0.2) is 48.6 Å². The second kappa shape index (κ2) is 7.84. The maximum absolute atomic E-state index is 12.3. The highest BCUT2D eigenvalue weighted by atomic mass is 35.5. The molecule has 1 fully saturated rings. The molecule has 122 valence electrons. The summed E-state index contributed by atoms with van der Waals surface area (Å²) in [6.07, 6.45) is 1.22. The van der Waals surface area contributed by atoms with Crippen LogP contribution in [0.1, 0.15) is 25.8 Å². The Bertz CT molecular complexity index is 511. The first kappa shape index (κ1) is 17.1. The molecule has 0 aromatic heterocycles. The SMILES string of the molecule is Cc1ccc(NC(=O)N2CCN(CCC(C)C)CC2)cc1Cl. The number of urea groups is 1. The van der Waals surface area contributed by atoms with Gasteiger partial charge in [-0.1, -0.05) is 31.5 Å². The molecular formula is C17H26ClN3O. The third kappa shape index (κ3) is 4.89. The minimum atomic E-state index is -0.0385. The molecule has 0 radical (unpaired) electrons. The van der Waals surface area contributed by atoms with Crippen LogP contribution in [0.2, 0.25) is 5.02 Å². The fraction of sp³-hybridized carbons (Fsp3) is 0.588. The van der Waals surface area contributed by atoms with Crippen molar-refractivity contribution in [2.45, 2.75) is 27.2 Å². The first-order chi connectivity index (χ1) is 10.5. The van der Waals surface area contributed by atoms with E-state index in [1.807, 2.05) is 24.0 Å². The zero-order chi connectivity index (χ0) is 16.1. The molecule has 0 saturated carbocycles. The van der Waals surface area contributed by atoms with Gasteiger partial charge < -0.3 is 10.2 Å². The summed E-state index contributed by atoms with van der Waals surface area (Å²) in [6.45, 7) is 11.0. The monoisotopic (exact) mass is 323 g/mol. The average Bonchev–Trinajstić information content (AvgIpc) is 2.49. The van der Waals surface area contributed by atoms with Crippen molar-refractivity contribution in [3.8, 4) is 0 Å². The van der Waals surface area contributed by atoms with Crippen molar-refractivity contribution >= 4 is 23.3 Å². The number of hydrogen-bond acceptors (Lipinski definition) is 2. The molecule has 1 heterocycles. The standard InChI is InChI=1S/C17H26ClN3O/c1-13(2)6-7-20-8-10-21(11-9-20)17(22)19-15-5-4-14(3)16(18)12-15/h4-5,12-13H,6-11H2,1-3H3,(H,19,22). The van der Waals surface area contributed by atoms with Crippen molar-refractivity contribution in [2.75, 3.05) is 38.0 Å². The largest absolute Gasteiger partial charge is 0.322 e. The molecule has 1 aromatic carbocycles. The van der Waals surface area contributed by atoms with Gasteiger partial charge in [-0.3, -0.25) is 4.90 Å². The van der Waals surface area contributed by atoms with Gasteiger partial charge in [-0.25, -0.2) is 4.79 Å². The Hall–Kier alpha value is -1.26. The summed E-state index contributed by atoms with van der Waals surface area (Å²) in [7, 11) is 0. The molecule has 1 aromatic rings. The van der Waals surface area contributed by atoms with Crippen LogP contribution < -0.4 is 5.32 Å². The topological polar surface area (TPSA) is 35.6 Å². The quantitative estimate of drug-likeness (QED) is 0.913. The van der Waals surface area contributed by atoms with Gasteiger partial charge >= 0.3 is 6.03 Å².